The van der Waals surface area contributed by atoms with E-state index < -0.39 is 0 Å². The summed E-state index contributed by atoms with van der Waals surface area (Å²) in [7, 11) is 0. The standard InChI is InChI=1S/C14H21Cl2N5O2/c1-9(2)21-12(22)3-4-18-14(23)19-6-5-17-13-11(16)7-10(15)8-20-13/h7-9H,3-6H2,1-2H3,(H,17,20)(H,21,22)(H2,18,19,23). The molecule has 128 valence electrons. The molecule has 1 heterocycles. The van der Waals surface area contributed by atoms with Crippen LogP contribution in [0.3, 0.4) is 0 Å². The number of amides is 3. The van der Waals surface area contributed by atoms with E-state index in [1.54, 1.807) is 6.07 Å². The molecular formula is C14H21Cl2N5O2. The number of hydrogen-bond donors (Lipinski definition) is 4. The third-order valence-electron chi connectivity index (χ3n) is 2.60. The van der Waals surface area contributed by atoms with E-state index in [9.17, 15) is 9.59 Å². The number of pyridine rings is 1. The molecule has 0 fully saturated rings. The highest BCUT2D eigenvalue weighted by molar-refractivity contribution is 6.35. The predicted octanol–water partition coefficient (Wildman–Crippen LogP) is 2.01. The quantitative estimate of drug-likeness (QED) is 0.532. The largest absolute Gasteiger partial charge is 0.367 e. The van der Waals surface area contributed by atoms with Crippen molar-refractivity contribution in [3.63, 3.8) is 0 Å². The number of urea groups is 1. The van der Waals surface area contributed by atoms with Crippen molar-refractivity contribution >= 4 is 41.0 Å². The first-order valence-electron chi connectivity index (χ1n) is 7.24. The Morgan fingerprint density at radius 2 is 1.87 bits per heavy atom. The zero-order chi connectivity index (χ0) is 17.2. The van der Waals surface area contributed by atoms with Crippen molar-refractivity contribution in [1.82, 2.24) is 20.9 Å². The van der Waals surface area contributed by atoms with Crippen LogP contribution in [0, 0.1) is 0 Å². The monoisotopic (exact) mass is 361 g/mol. The minimum Gasteiger partial charge on any atom is -0.367 e. The van der Waals surface area contributed by atoms with Gasteiger partial charge < -0.3 is 21.3 Å². The molecule has 1 aromatic rings. The van der Waals surface area contributed by atoms with Gasteiger partial charge in [0.25, 0.3) is 0 Å². The highest BCUT2D eigenvalue weighted by Gasteiger charge is 2.05. The van der Waals surface area contributed by atoms with Crippen molar-refractivity contribution in [3.8, 4) is 0 Å². The third kappa shape index (κ3) is 8.47. The zero-order valence-electron chi connectivity index (χ0n) is 13.1. The SMILES string of the molecule is CC(C)NC(=O)CCNC(=O)NCCNc1ncc(Cl)cc1Cl. The van der Waals surface area contributed by atoms with E-state index in [1.807, 2.05) is 13.8 Å². The van der Waals surface area contributed by atoms with Crippen LogP contribution in [0.1, 0.15) is 20.3 Å². The van der Waals surface area contributed by atoms with Crippen LogP contribution in [0.15, 0.2) is 12.3 Å². The second kappa shape index (κ2) is 10.1. The molecule has 0 atom stereocenters. The van der Waals surface area contributed by atoms with Crippen LogP contribution in [0.4, 0.5) is 10.6 Å². The van der Waals surface area contributed by atoms with Gasteiger partial charge in [0.2, 0.25) is 5.91 Å². The molecule has 0 aliphatic carbocycles. The molecule has 9 heteroatoms. The maximum atomic E-state index is 11.5. The number of rotatable bonds is 8. The molecule has 0 unspecified atom stereocenters. The second-order valence-electron chi connectivity index (χ2n) is 5.07. The Morgan fingerprint density at radius 1 is 1.17 bits per heavy atom. The summed E-state index contributed by atoms with van der Waals surface area (Å²) >= 11 is 11.7. The van der Waals surface area contributed by atoms with Crippen LogP contribution in [-0.2, 0) is 4.79 Å². The second-order valence-corrected chi connectivity index (χ2v) is 5.91. The van der Waals surface area contributed by atoms with Gasteiger partial charge in [-0.2, -0.15) is 0 Å². The van der Waals surface area contributed by atoms with Crippen LogP contribution in [0.25, 0.3) is 0 Å². The van der Waals surface area contributed by atoms with E-state index >= 15 is 0 Å². The molecule has 0 spiro atoms. The van der Waals surface area contributed by atoms with Gasteiger partial charge in [0, 0.05) is 38.3 Å². The van der Waals surface area contributed by atoms with Crippen LogP contribution < -0.4 is 21.3 Å². The highest BCUT2D eigenvalue weighted by atomic mass is 35.5. The summed E-state index contributed by atoms with van der Waals surface area (Å²) in [4.78, 5) is 27.0. The Balaban J connectivity index is 2.13. The van der Waals surface area contributed by atoms with E-state index in [1.165, 1.54) is 6.20 Å². The van der Waals surface area contributed by atoms with Crippen LogP contribution in [0.5, 0.6) is 0 Å². The topological polar surface area (TPSA) is 95.2 Å². The van der Waals surface area contributed by atoms with Crippen molar-refractivity contribution in [3.05, 3.63) is 22.3 Å². The van der Waals surface area contributed by atoms with Crippen molar-refractivity contribution in [2.75, 3.05) is 25.0 Å². The lowest BCUT2D eigenvalue weighted by molar-refractivity contribution is -0.121. The lowest BCUT2D eigenvalue weighted by atomic mass is 10.3. The van der Waals surface area contributed by atoms with Crippen LogP contribution in [-0.4, -0.2) is 42.6 Å². The van der Waals surface area contributed by atoms with Gasteiger partial charge >= 0.3 is 6.03 Å². The van der Waals surface area contributed by atoms with Gasteiger partial charge in [-0.1, -0.05) is 23.2 Å². The Kier molecular flexibility index (Phi) is 8.50. The van der Waals surface area contributed by atoms with Crippen molar-refractivity contribution in [2.45, 2.75) is 26.3 Å². The summed E-state index contributed by atoms with van der Waals surface area (Å²) in [6, 6.07) is 1.34. The van der Waals surface area contributed by atoms with Gasteiger partial charge in [-0.05, 0) is 19.9 Å². The molecule has 0 aliphatic rings. The predicted molar refractivity (Wildman–Crippen MR) is 92.0 cm³/mol. The number of nitrogens with one attached hydrogen (secondary N) is 4. The maximum absolute atomic E-state index is 11.5. The van der Waals surface area contributed by atoms with Gasteiger partial charge in [0.1, 0.15) is 5.82 Å². The fraction of sp³-hybridized carbons (Fsp3) is 0.500. The molecular weight excluding hydrogens is 341 g/mol. The number of halogens is 2. The highest BCUT2D eigenvalue weighted by Crippen LogP contribution is 2.21. The minimum absolute atomic E-state index is 0.0922. The van der Waals surface area contributed by atoms with E-state index in [0.29, 0.717) is 29.0 Å². The molecule has 23 heavy (non-hydrogen) atoms. The van der Waals surface area contributed by atoms with Gasteiger partial charge in [-0.15, -0.1) is 0 Å². The Labute approximate surface area is 145 Å². The normalized spacial score (nSPS) is 10.3. The molecule has 0 saturated carbocycles. The Bertz CT molecular complexity index is 540. The molecule has 7 nitrogen and oxygen atoms in total. The van der Waals surface area contributed by atoms with Crippen molar-refractivity contribution in [1.29, 1.82) is 0 Å². The molecule has 0 saturated heterocycles. The van der Waals surface area contributed by atoms with E-state index in [4.69, 9.17) is 23.2 Å². The van der Waals surface area contributed by atoms with Gasteiger partial charge in [-0.25, -0.2) is 9.78 Å². The fourth-order valence-electron chi connectivity index (χ4n) is 1.65. The third-order valence-corrected chi connectivity index (χ3v) is 3.09. The minimum atomic E-state index is -0.334. The van der Waals surface area contributed by atoms with E-state index in [2.05, 4.69) is 26.3 Å². The van der Waals surface area contributed by atoms with Crippen LogP contribution in [0.2, 0.25) is 10.0 Å². The zero-order valence-corrected chi connectivity index (χ0v) is 14.6. The average molecular weight is 362 g/mol. The van der Waals surface area contributed by atoms with Crippen molar-refractivity contribution < 1.29 is 9.59 Å². The number of carbonyl (C=O) groups is 2. The lowest BCUT2D eigenvalue weighted by Gasteiger charge is -2.10. The molecule has 1 aromatic heterocycles. The summed E-state index contributed by atoms with van der Waals surface area (Å²) in [6.45, 7) is 4.88. The maximum Gasteiger partial charge on any atom is 0.314 e. The lowest BCUT2D eigenvalue weighted by Crippen LogP contribution is -2.40. The fourth-order valence-corrected chi connectivity index (χ4v) is 2.09. The van der Waals surface area contributed by atoms with Crippen LogP contribution >= 0.6 is 23.2 Å². The first kappa shape index (κ1) is 19.3. The molecule has 0 aliphatic heterocycles. The number of carbonyl (C=O) groups excluding carboxylic acids is 2. The summed E-state index contributed by atoms with van der Waals surface area (Å²) in [5.41, 5.74) is 0. The molecule has 0 radical (unpaired) electrons. The van der Waals surface area contributed by atoms with E-state index in [-0.39, 0.29) is 30.9 Å². The molecule has 0 bridgehead atoms. The van der Waals surface area contributed by atoms with E-state index in [0.717, 1.165) is 0 Å². The Morgan fingerprint density at radius 3 is 2.52 bits per heavy atom. The molecule has 3 amide bonds. The number of nitrogens with zero attached hydrogens (tertiary/aromatic N) is 1. The first-order chi connectivity index (χ1) is 10.9. The summed E-state index contributed by atoms with van der Waals surface area (Å²) in [5.74, 6) is 0.411. The van der Waals surface area contributed by atoms with Gasteiger partial charge in [0.05, 0.1) is 10.0 Å². The van der Waals surface area contributed by atoms with Gasteiger partial charge in [0.15, 0.2) is 0 Å². The molecule has 4 N–H and O–H groups in total. The summed E-state index contributed by atoms with van der Waals surface area (Å²) in [5, 5.41) is 11.9. The van der Waals surface area contributed by atoms with Crippen molar-refractivity contribution in [2.24, 2.45) is 0 Å². The molecule has 1 rings (SSSR count). The molecule has 0 aromatic carbocycles. The number of anilines is 1. The average Bonchev–Trinajstić information content (AvgIpc) is 2.44. The summed E-state index contributed by atoms with van der Waals surface area (Å²) < 4.78 is 0. The van der Waals surface area contributed by atoms with Gasteiger partial charge in [-0.3, -0.25) is 4.79 Å². The Hall–Kier alpha value is -1.73. The first-order valence-corrected chi connectivity index (χ1v) is 8.00. The smallest absolute Gasteiger partial charge is 0.314 e. The number of aromatic nitrogens is 1. The summed E-state index contributed by atoms with van der Waals surface area (Å²) in [6.07, 6.45) is 1.73. The number of hydrogen-bond acceptors (Lipinski definition) is 4.